The van der Waals surface area contributed by atoms with Crippen LogP contribution >= 0.6 is 20.3 Å². The highest BCUT2D eigenvalue weighted by atomic mass is 32.2. The molecule has 2 heterocycles. The van der Waals surface area contributed by atoms with Crippen molar-refractivity contribution in [2.75, 3.05) is 25.6 Å². The van der Waals surface area contributed by atoms with E-state index in [1.807, 2.05) is 53.1 Å². The van der Waals surface area contributed by atoms with Crippen molar-refractivity contribution in [2.24, 2.45) is 5.92 Å². The number of hydrogen-bond donors (Lipinski definition) is 1. The number of rotatable bonds is 15. The van der Waals surface area contributed by atoms with Crippen molar-refractivity contribution in [3.63, 3.8) is 0 Å². The third-order valence-electron chi connectivity index (χ3n) is 6.09. The molecule has 0 spiro atoms. The Balaban J connectivity index is 2.13. The van der Waals surface area contributed by atoms with Gasteiger partial charge in [0, 0.05) is 36.0 Å². The minimum absolute atomic E-state index is 0.0161. The van der Waals surface area contributed by atoms with Gasteiger partial charge >= 0.3 is 5.69 Å². The van der Waals surface area contributed by atoms with Gasteiger partial charge in [-0.1, -0.05) is 32.5 Å². The zero-order chi connectivity index (χ0) is 28.6. The molecule has 38 heavy (non-hydrogen) atoms. The monoisotopic (exact) mass is 579 g/mol. The van der Waals surface area contributed by atoms with E-state index in [4.69, 9.17) is 18.5 Å². The van der Waals surface area contributed by atoms with Crippen LogP contribution in [0.25, 0.3) is 0 Å². The summed E-state index contributed by atoms with van der Waals surface area (Å²) in [4.78, 5) is 37.9. The number of nitrogens with one attached hydrogen (secondary N) is 1. The Hall–Kier alpha value is -1.14. The first-order valence-electron chi connectivity index (χ1n) is 13.1. The third kappa shape index (κ3) is 8.43. The maximum absolute atomic E-state index is 16.1. The van der Waals surface area contributed by atoms with Crippen LogP contribution in [0.4, 0.5) is 4.39 Å². The Morgan fingerprint density at radius 3 is 2.42 bits per heavy atom. The summed E-state index contributed by atoms with van der Waals surface area (Å²) < 4.78 is 43.4. The van der Waals surface area contributed by atoms with Crippen LogP contribution in [0.15, 0.2) is 21.9 Å². The standard InChI is InChI=1S/C25H43FN3O7PS/c1-9-19-21(22(26)25(8,35-19)28-11-10-20(30)27-24(28)32)36-37(29(17(4)5)18(6)7)34-13-12-33-14-15-38-23(31)16(2)3/h10-11,16-19,21-22H,9,12-15H2,1-8H3,(H,27,30,32)/t19-,21?,22+,25+,37?/m1/s1. The molecule has 0 aromatic carbocycles. The van der Waals surface area contributed by atoms with Crippen molar-refractivity contribution in [3.05, 3.63) is 33.1 Å². The van der Waals surface area contributed by atoms with Gasteiger partial charge in [0.05, 0.1) is 25.9 Å². The first-order valence-corrected chi connectivity index (χ1v) is 15.2. The number of thioether (sulfide) groups is 1. The molecule has 0 aliphatic carbocycles. The largest absolute Gasteiger partial charge is 0.378 e. The molecule has 1 fully saturated rings. The number of halogens is 1. The lowest BCUT2D eigenvalue weighted by Gasteiger charge is -2.37. The van der Waals surface area contributed by atoms with E-state index in [0.717, 1.165) is 10.6 Å². The molecule has 2 unspecified atom stereocenters. The fourth-order valence-corrected chi connectivity index (χ4v) is 6.67. The Morgan fingerprint density at radius 1 is 1.21 bits per heavy atom. The smallest absolute Gasteiger partial charge is 0.330 e. The average Bonchev–Trinajstić information content (AvgIpc) is 3.07. The van der Waals surface area contributed by atoms with Crippen LogP contribution in [-0.4, -0.2) is 75.4 Å². The summed E-state index contributed by atoms with van der Waals surface area (Å²) in [5.74, 6) is 0.550. The van der Waals surface area contributed by atoms with Crippen molar-refractivity contribution in [1.82, 2.24) is 14.2 Å². The average molecular weight is 580 g/mol. The number of H-pyrrole nitrogens is 1. The minimum atomic E-state index is -1.71. The van der Waals surface area contributed by atoms with Gasteiger partial charge in [-0.2, -0.15) is 0 Å². The van der Waals surface area contributed by atoms with Gasteiger partial charge in [-0.3, -0.25) is 19.1 Å². The van der Waals surface area contributed by atoms with E-state index in [1.165, 1.54) is 24.9 Å². The number of nitrogens with zero attached hydrogens (tertiary/aromatic N) is 2. The molecule has 1 N–H and O–H groups in total. The van der Waals surface area contributed by atoms with Crippen LogP contribution in [-0.2, 0) is 29.0 Å². The zero-order valence-electron chi connectivity index (χ0n) is 23.6. The number of aromatic amines is 1. The van der Waals surface area contributed by atoms with E-state index >= 15 is 4.39 Å². The number of aromatic nitrogens is 2. The van der Waals surface area contributed by atoms with E-state index in [-0.39, 0.29) is 29.7 Å². The van der Waals surface area contributed by atoms with Gasteiger partial charge in [0.15, 0.2) is 17.0 Å². The highest BCUT2D eigenvalue weighted by Crippen LogP contribution is 2.51. The quantitative estimate of drug-likeness (QED) is 0.243. The van der Waals surface area contributed by atoms with Crippen molar-refractivity contribution in [3.8, 4) is 0 Å². The number of hydrogen-bond acceptors (Lipinski definition) is 9. The molecule has 0 amide bonds. The molecule has 0 radical (unpaired) electrons. The second-order valence-electron chi connectivity index (χ2n) is 10.1. The number of ether oxygens (including phenoxy) is 2. The van der Waals surface area contributed by atoms with Crippen LogP contribution in [0.2, 0.25) is 0 Å². The van der Waals surface area contributed by atoms with Gasteiger partial charge in [0.25, 0.3) is 14.1 Å². The molecule has 1 aromatic heterocycles. The van der Waals surface area contributed by atoms with E-state index in [9.17, 15) is 14.4 Å². The van der Waals surface area contributed by atoms with E-state index < -0.39 is 43.9 Å². The highest BCUT2D eigenvalue weighted by Gasteiger charge is 2.56. The van der Waals surface area contributed by atoms with Crippen LogP contribution in [0, 0.1) is 5.92 Å². The first-order chi connectivity index (χ1) is 17.8. The van der Waals surface area contributed by atoms with Crippen molar-refractivity contribution < 1.29 is 27.7 Å². The molecular formula is C25H43FN3O7PS. The Kier molecular flexibility index (Phi) is 13.1. The summed E-state index contributed by atoms with van der Waals surface area (Å²) in [5, 5.41) is 0.132. The molecule has 0 bridgehead atoms. The fraction of sp³-hybridized carbons (Fsp3) is 0.800. The van der Waals surface area contributed by atoms with Gasteiger partial charge in [-0.15, -0.1) is 0 Å². The maximum Gasteiger partial charge on any atom is 0.330 e. The second kappa shape index (κ2) is 15.0. The zero-order valence-corrected chi connectivity index (χ0v) is 25.4. The van der Waals surface area contributed by atoms with Crippen molar-refractivity contribution in [2.45, 2.75) is 98.0 Å². The highest BCUT2D eigenvalue weighted by molar-refractivity contribution is 8.13. The second-order valence-corrected chi connectivity index (χ2v) is 12.7. The van der Waals surface area contributed by atoms with Crippen LogP contribution in [0.5, 0.6) is 0 Å². The molecule has 218 valence electrons. The summed E-state index contributed by atoms with van der Waals surface area (Å²) in [6.07, 6.45) is -1.68. The molecule has 10 nitrogen and oxygen atoms in total. The summed E-state index contributed by atoms with van der Waals surface area (Å²) in [6.45, 7) is 16.1. The lowest BCUT2D eigenvalue weighted by Crippen LogP contribution is -2.48. The van der Waals surface area contributed by atoms with Gasteiger partial charge in [-0.05, 0) is 41.0 Å². The van der Waals surface area contributed by atoms with Gasteiger partial charge in [0.2, 0.25) is 0 Å². The molecule has 13 heteroatoms. The Morgan fingerprint density at radius 2 is 1.87 bits per heavy atom. The molecular weight excluding hydrogens is 536 g/mol. The first kappa shape index (κ1) is 33.1. The predicted octanol–water partition coefficient (Wildman–Crippen LogP) is 4.04. The molecule has 1 saturated heterocycles. The van der Waals surface area contributed by atoms with Crippen LogP contribution in [0.1, 0.15) is 61.8 Å². The van der Waals surface area contributed by atoms with E-state index in [1.54, 1.807) is 0 Å². The Bertz CT molecular complexity index is 1000. The molecule has 0 saturated carbocycles. The molecule has 1 aromatic rings. The van der Waals surface area contributed by atoms with E-state index in [0.29, 0.717) is 25.4 Å². The van der Waals surface area contributed by atoms with Crippen LogP contribution in [0.3, 0.4) is 0 Å². The summed E-state index contributed by atoms with van der Waals surface area (Å²) in [7, 11) is -1.71. The lowest BCUT2D eigenvalue weighted by molar-refractivity contribution is -0.114. The summed E-state index contributed by atoms with van der Waals surface area (Å²) >= 11 is 1.25. The van der Waals surface area contributed by atoms with Gasteiger partial charge in [-0.25, -0.2) is 13.9 Å². The fourth-order valence-electron chi connectivity index (χ4n) is 4.20. The summed E-state index contributed by atoms with van der Waals surface area (Å²) in [6, 6.07) is 1.26. The minimum Gasteiger partial charge on any atom is -0.378 e. The van der Waals surface area contributed by atoms with Crippen molar-refractivity contribution >= 4 is 25.4 Å². The molecule has 2 rings (SSSR count). The lowest BCUT2D eigenvalue weighted by atomic mass is 10.0. The summed E-state index contributed by atoms with van der Waals surface area (Å²) in [5.41, 5.74) is -2.99. The maximum atomic E-state index is 16.1. The molecule has 1 aliphatic rings. The van der Waals surface area contributed by atoms with Gasteiger partial charge in [0.1, 0.15) is 6.10 Å². The molecule has 5 atom stereocenters. The Labute approximate surface area is 229 Å². The van der Waals surface area contributed by atoms with E-state index in [2.05, 4.69) is 4.98 Å². The number of alkyl halides is 1. The number of carbonyl (C=O) groups is 1. The van der Waals surface area contributed by atoms with Crippen molar-refractivity contribution in [1.29, 1.82) is 0 Å². The predicted molar refractivity (Wildman–Crippen MR) is 148 cm³/mol. The van der Waals surface area contributed by atoms with Gasteiger partial charge < -0.3 is 18.5 Å². The topological polar surface area (TPSA) is 112 Å². The third-order valence-corrected chi connectivity index (χ3v) is 9.35. The SMILES string of the molecule is CC[C@H]1O[C@](C)(n2ccc(=O)[nH]c2=O)[C@@H](F)C1OP(OCCOCCSC(=O)C(C)C)N(C(C)C)C(C)C. The van der Waals surface area contributed by atoms with Crippen LogP contribution < -0.4 is 11.2 Å². The normalized spacial score (nSPS) is 24.7. The number of carbonyl (C=O) groups excluding carboxylic acids is 1. The molecule has 1 aliphatic heterocycles.